The smallest absolute Gasteiger partial charge is 0.289 e. The van der Waals surface area contributed by atoms with E-state index in [2.05, 4.69) is 10.1 Å². The van der Waals surface area contributed by atoms with Crippen molar-refractivity contribution in [3.05, 3.63) is 54.3 Å². The number of ether oxygens (including phenoxy) is 1. The van der Waals surface area contributed by atoms with E-state index in [0.29, 0.717) is 30.4 Å². The number of hydrogen-bond acceptors (Lipinski definition) is 6. The Balaban J connectivity index is 1.47. The van der Waals surface area contributed by atoms with E-state index in [4.69, 9.17) is 13.7 Å². The molecule has 1 aromatic carbocycles. The first-order valence-corrected chi connectivity index (χ1v) is 10.1. The van der Waals surface area contributed by atoms with Gasteiger partial charge in [0, 0.05) is 24.6 Å². The van der Waals surface area contributed by atoms with Gasteiger partial charge in [-0.3, -0.25) is 4.79 Å². The summed E-state index contributed by atoms with van der Waals surface area (Å²) in [6.07, 6.45) is 7.59. The molecule has 0 saturated heterocycles. The van der Waals surface area contributed by atoms with Crippen molar-refractivity contribution in [2.45, 2.75) is 44.6 Å². The van der Waals surface area contributed by atoms with E-state index in [-0.39, 0.29) is 11.9 Å². The van der Waals surface area contributed by atoms with Crippen LogP contribution in [0.4, 0.5) is 0 Å². The van der Waals surface area contributed by atoms with Gasteiger partial charge in [0.25, 0.3) is 5.91 Å². The number of carbonyl (C=O) groups is 1. The average molecular weight is 395 g/mol. The van der Waals surface area contributed by atoms with Crippen molar-refractivity contribution in [2.75, 3.05) is 13.7 Å². The van der Waals surface area contributed by atoms with Crippen LogP contribution in [0.2, 0.25) is 0 Å². The van der Waals surface area contributed by atoms with Crippen molar-refractivity contribution >= 4 is 5.91 Å². The molecule has 1 amide bonds. The van der Waals surface area contributed by atoms with Crippen molar-refractivity contribution < 1.29 is 18.5 Å². The molecule has 0 atom stereocenters. The number of benzene rings is 1. The van der Waals surface area contributed by atoms with Crippen LogP contribution in [0.15, 0.2) is 51.6 Å². The van der Waals surface area contributed by atoms with Gasteiger partial charge in [-0.2, -0.15) is 4.98 Å². The largest absolute Gasteiger partial charge is 0.497 e. The van der Waals surface area contributed by atoms with Gasteiger partial charge >= 0.3 is 0 Å². The summed E-state index contributed by atoms with van der Waals surface area (Å²) in [5.74, 6) is 2.06. The zero-order chi connectivity index (χ0) is 20.1. The Hall–Kier alpha value is -3.09. The van der Waals surface area contributed by atoms with E-state index in [1.54, 1.807) is 19.2 Å². The van der Waals surface area contributed by atoms with Crippen molar-refractivity contribution in [1.82, 2.24) is 15.0 Å². The van der Waals surface area contributed by atoms with Crippen molar-refractivity contribution in [3.8, 4) is 17.1 Å². The molecule has 3 aromatic rings. The first-order valence-electron chi connectivity index (χ1n) is 10.1. The summed E-state index contributed by atoms with van der Waals surface area (Å²) in [5, 5.41) is 4.08. The maximum atomic E-state index is 13.0. The van der Waals surface area contributed by atoms with Crippen molar-refractivity contribution in [3.63, 3.8) is 0 Å². The van der Waals surface area contributed by atoms with Crippen LogP contribution in [0.1, 0.15) is 48.5 Å². The number of hydrogen-bond donors (Lipinski definition) is 0. The summed E-state index contributed by atoms with van der Waals surface area (Å²) in [6, 6.07) is 11.2. The number of rotatable bonds is 7. The van der Waals surface area contributed by atoms with Crippen LogP contribution in [0.3, 0.4) is 0 Å². The molecular formula is C22H25N3O4. The zero-order valence-corrected chi connectivity index (χ0v) is 16.5. The summed E-state index contributed by atoms with van der Waals surface area (Å²) in [5.41, 5.74) is 0.829. The lowest BCUT2D eigenvalue weighted by Gasteiger charge is -2.33. The Kier molecular flexibility index (Phi) is 5.93. The summed E-state index contributed by atoms with van der Waals surface area (Å²) >= 11 is 0. The SMILES string of the molecule is COc1cccc(-c2noc(CCN(C(=O)c3ccco3)C3CCCCC3)n2)c1. The quantitative estimate of drug-likeness (QED) is 0.591. The minimum absolute atomic E-state index is 0.0746. The van der Waals surface area contributed by atoms with E-state index in [0.717, 1.165) is 37.0 Å². The number of methoxy groups -OCH3 is 1. The highest BCUT2D eigenvalue weighted by Gasteiger charge is 2.28. The van der Waals surface area contributed by atoms with Gasteiger partial charge in [0.2, 0.25) is 11.7 Å². The summed E-state index contributed by atoms with van der Waals surface area (Å²) in [7, 11) is 1.62. The minimum atomic E-state index is -0.0746. The minimum Gasteiger partial charge on any atom is -0.497 e. The monoisotopic (exact) mass is 395 g/mol. The van der Waals surface area contributed by atoms with Crippen LogP contribution in [0, 0.1) is 0 Å². The van der Waals surface area contributed by atoms with Crippen LogP contribution in [0.5, 0.6) is 5.75 Å². The molecule has 0 N–H and O–H groups in total. The molecule has 0 spiro atoms. The Bertz CT molecular complexity index is 929. The lowest BCUT2D eigenvalue weighted by molar-refractivity contribution is 0.0599. The normalized spacial score (nSPS) is 14.7. The van der Waals surface area contributed by atoms with Crippen LogP contribution < -0.4 is 4.74 Å². The second-order valence-electron chi connectivity index (χ2n) is 7.26. The molecule has 2 aromatic heterocycles. The third kappa shape index (κ3) is 4.50. The third-order valence-corrected chi connectivity index (χ3v) is 5.37. The molecule has 7 heteroatoms. The summed E-state index contributed by atoms with van der Waals surface area (Å²) in [4.78, 5) is 19.4. The molecule has 152 valence electrons. The second-order valence-corrected chi connectivity index (χ2v) is 7.26. The van der Waals surface area contributed by atoms with Gasteiger partial charge in [-0.25, -0.2) is 0 Å². The highest BCUT2D eigenvalue weighted by atomic mass is 16.5. The van der Waals surface area contributed by atoms with E-state index < -0.39 is 0 Å². The summed E-state index contributed by atoms with van der Waals surface area (Å²) in [6.45, 7) is 0.518. The fraction of sp³-hybridized carbons (Fsp3) is 0.409. The number of carbonyl (C=O) groups excluding carboxylic acids is 1. The van der Waals surface area contributed by atoms with Gasteiger partial charge in [0.1, 0.15) is 5.75 Å². The topological polar surface area (TPSA) is 81.6 Å². The van der Waals surface area contributed by atoms with E-state index in [9.17, 15) is 4.79 Å². The van der Waals surface area contributed by atoms with Gasteiger partial charge in [0.05, 0.1) is 13.4 Å². The molecule has 0 aliphatic heterocycles. The van der Waals surface area contributed by atoms with Gasteiger partial charge in [-0.1, -0.05) is 36.6 Å². The first kappa shape index (κ1) is 19.2. The maximum Gasteiger partial charge on any atom is 0.289 e. The Morgan fingerprint density at radius 2 is 2.07 bits per heavy atom. The Morgan fingerprint density at radius 3 is 2.83 bits per heavy atom. The molecule has 2 heterocycles. The van der Waals surface area contributed by atoms with Crippen LogP contribution in [-0.4, -0.2) is 40.6 Å². The van der Waals surface area contributed by atoms with Crippen molar-refractivity contribution in [1.29, 1.82) is 0 Å². The molecular weight excluding hydrogens is 370 g/mol. The standard InChI is InChI=1S/C22H25N3O4/c1-27-18-10-5-7-16(15-18)21-23-20(29-24-21)12-13-25(17-8-3-2-4-9-17)22(26)19-11-6-14-28-19/h5-7,10-11,14-15,17H,2-4,8-9,12-13H2,1H3. The second kappa shape index (κ2) is 8.94. The Labute approximate surface area is 169 Å². The number of nitrogens with zero attached hydrogens (tertiary/aromatic N) is 3. The third-order valence-electron chi connectivity index (χ3n) is 5.37. The fourth-order valence-electron chi connectivity index (χ4n) is 3.84. The molecule has 1 saturated carbocycles. The summed E-state index contributed by atoms with van der Waals surface area (Å²) < 4.78 is 16.0. The van der Waals surface area contributed by atoms with Gasteiger partial charge in [-0.15, -0.1) is 0 Å². The lowest BCUT2D eigenvalue weighted by Crippen LogP contribution is -2.42. The molecule has 1 aliphatic carbocycles. The van der Waals surface area contributed by atoms with Gasteiger partial charge < -0.3 is 18.6 Å². The predicted octanol–water partition coefficient (Wildman–Crippen LogP) is 4.36. The van der Waals surface area contributed by atoms with E-state index in [1.165, 1.54) is 12.7 Å². The predicted molar refractivity (Wildman–Crippen MR) is 107 cm³/mol. The van der Waals surface area contributed by atoms with Gasteiger partial charge in [0.15, 0.2) is 5.76 Å². The van der Waals surface area contributed by atoms with Crippen molar-refractivity contribution in [2.24, 2.45) is 0 Å². The highest BCUT2D eigenvalue weighted by molar-refractivity contribution is 5.91. The molecule has 29 heavy (non-hydrogen) atoms. The highest BCUT2D eigenvalue weighted by Crippen LogP contribution is 2.25. The molecule has 0 unspecified atom stereocenters. The zero-order valence-electron chi connectivity index (χ0n) is 16.5. The fourth-order valence-corrected chi connectivity index (χ4v) is 3.84. The van der Waals surface area contributed by atoms with Crippen LogP contribution >= 0.6 is 0 Å². The maximum absolute atomic E-state index is 13.0. The molecule has 1 aliphatic rings. The average Bonchev–Trinajstić information content (AvgIpc) is 3.47. The number of aromatic nitrogens is 2. The molecule has 0 radical (unpaired) electrons. The molecule has 7 nitrogen and oxygen atoms in total. The van der Waals surface area contributed by atoms with Gasteiger partial charge in [-0.05, 0) is 37.1 Å². The van der Waals surface area contributed by atoms with Crippen LogP contribution in [0.25, 0.3) is 11.4 Å². The van der Waals surface area contributed by atoms with E-state index >= 15 is 0 Å². The van der Waals surface area contributed by atoms with E-state index in [1.807, 2.05) is 29.2 Å². The number of amides is 1. The van der Waals surface area contributed by atoms with Crippen LogP contribution in [-0.2, 0) is 6.42 Å². The molecule has 1 fully saturated rings. The molecule has 0 bridgehead atoms. The molecule has 4 rings (SSSR count). The first-order chi connectivity index (χ1) is 14.2. The Morgan fingerprint density at radius 1 is 1.21 bits per heavy atom. The number of furan rings is 1. The lowest BCUT2D eigenvalue weighted by atomic mass is 9.94.